The van der Waals surface area contributed by atoms with Crippen molar-refractivity contribution in [2.24, 2.45) is 0 Å². The topological polar surface area (TPSA) is 47.3 Å². The van der Waals surface area contributed by atoms with Crippen LogP contribution in [0.15, 0.2) is 53.3 Å². The third-order valence-corrected chi connectivity index (χ3v) is 4.87. The molecule has 0 amide bonds. The molecule has 0 saturated carbocycles. The van der Waals surface area contributed by atoms with Crippen LogP contribution in [0.2, 0.25) is 5.02 Å². The van der Waals surface area contributed by atoms with Crippen molar-refractivity contribution in [1.82, 2.24) is 14.6 Å². The summed E-state index contributed by atoms with van der Waals surface area (Å²) >= 11 is 7.10. The third-order valence-electron chi connectivity index (χ3n) is 3.66. The summed E-state index contributed by atoms with van der Waals surface area (Å²) in [5, 5.41) is 4.90. The highest BCUT2D eigenvalue weighted by molar-refractivity contribution is 7.15. The van der Waals surface area contributed by atoms with Gasteiger partial charge >= 0.3 is 0 Å². The predicted molar refractivity (Wildman–Crippen MR) is 103 cm³/mol. The molecule has 7 heteroatoms. The zero-order valence-corrected chi connectivity index (χ0v) is 14.8. The number of hydrogen-bond donors (Lipinski definition) is 0. The van der Waals surface area contributed by atoms with Crippen molar-refractivity contribution in [2.45, 2.75) is 0 Å². The van der Waals surface area contributed by atoms with Gasteiger partial charge in [-0.1, -0.05) is 53.3 Å². The standard InChI is InChI=1S/C19H11ClFN3OS/c20-14-6-1-12(2-7-14)5-10-17-22-19-24(23-17)18(25)16(26-19)11-13-3-8-15(21)9-4-13/h1-11H/b10-5+,16-11+. The van der Waals surface area contributed by atoms with Gasteiger partial charge in [-0.2, -0.15) is 9.50 Å². The Balaban J connectivity index is 1.66. The number of fused-ring (bicyclic) bond motifs is 1. The lowest BCUT2D eigenvalue weighted by Gasteiger charge is -1.92. The van der Waals surface area contributed by atoms with Crippen molar-refractivity contribution in [3.8, 4) is 0 Å². The number of hydrogen-bond acceptors (Lipinski definition) is 4. The first-order valence-electron chi connectivity index (χ1n) is 7.69. The van der Waals surface area contributed by atoms with Crippen LogP contribution in [0.25, 0.3) is 23.2 Å². The second kappa shape index (κ2) is 6.82. The van der Waals surface area contributed by atoms with Crippen molar-refractivity contribution in [3.05, 3.63) is 91.2 Å². The molecule has 26 heavy (non-hydrogen) atoms. The van der Waals surface area contributed by atoms with E-state index in [1.165, 1.54) is 28.0 Å². The van der Waals surface area contributed by atoms with Gasteiger partial charge < -0.3 is 0 Å². The van der Waals surface area contributed by atoms with E-state index in [9.17, 15) is 9.18 Å². The van der Waals surface area contributed by atoms with Crippen LogP contribution in [0.4, 0.5) is 4.39 Å². The second-order valence-corrected chi connectivity index (χ2v) is 6.96. The van der Waals surface area contributed by atoms with E-state index >= 15 is 0 Å². The van der Waals surface area contributed by atoms with Gasteiger partial charge in [-0.05, 0) is 47.5 Å². The highest BCUT2D eigenvalue weighted by Gasteiger charge is 2.08. The Bertz CT molecular complexity index is 1210. The summed E-state index contributed by atoms with van der Waals surface area (Å²) in [4.78, 5) is 17.3. The first-order valence-corrected chi connectivity index (χ1v) is 8.88. The molecule has 2 aromatic carbocycles. The minimum atomic E-state index is -0.315. The molecule has 0 aliphatic heterocycles. The number of benzene rings is 2. The van der Waals surface area contributed by atoms with E-state index in [4.69, 9.17) is 11.6 Å². The van der Waals surface area contributed by atoms with Gasteiger partial charge in [-0.25, -0.2) is 4.39 Å². The number of halogens is 2. The molecule has 4 rings (SSSR count). The molecule has 0 saturated heterocycles. The fourth-order valence-corrected chi connectivity index (χ4v) is 3.42. The lowest BCUT2D eigenvalue weighted by molar-refractivity contribution is 0.628. The van der Waals surface area contributed by atoms with Crippen molar-refractivity contribution in [1.29, 1.82) is 0 Å². The van der Waals surface area contributed by atoms with E-state index in [-0.39, 0.29) is 11.4 Å². The maximum absolute atomic E-state index is 13.0. The van der Waals surface area contributed by atoms with Gasteiger partial charge in [0.05, 0.1) is 4.53 Å². The average Bonchev–Trinajstić information content (AvgIpc) is 3.16. The second-order valence-electron chi connectivity index (χ2n) is 5.52. The molecule has 0 atom stereocenters. The first-order chi connectivity index (χ1) is 12.6. The largest absolute Gasteiger partial charge is 0.291 e. The summed E-state index contributed by atoms with van der Waals surface area (Å²) in [5.41, 5.74) is 1.46. The van der Waals surface area contributed by atoms with Gasteiger partial charge in [-0.15, -0.1) is 5.10 Å². The van der Waals surface area contributed by atoms with Crippen LogP contribution >= 0.6 is 22.9 Å². The smallest absolute Gasteiger partial charge is 0.266 e. The molecule has 0 fully saturated rings. The Morgan fingerprint density at radius 2 is 1.69 bits per heavy atom. The van der Waals surface area contributed by atoms with Gasteiger partial charge in [0.1, 0.15) is 5.82 Å². The number of rotatable bonds is 3. The van der Waals surface area contributed by atoms with E-state index in [1.807, 2.05) is 18.2 Å². The molecule has 4 aromatic rings. The molecule has 2 aromatic heterocycles. The van der Waals surface area contributed by atoms with Gasteiger partial charge in [0.25, 0.3) is 5.56 Å². The summed E-state index contributed by atoms with van der Waals surface area (Å²) in [6.07, 6.45) is 5.30. The molecule has 0 N–H and O–H groups in total. The maximum Gasteiger partial charge on any atom is 0.291 e. The van der Waals surface area contributed by atoms with Gasteiger partial charge in [0.2, 0.25) is 4.96 Å². The highest BCUT2D eigenvalue weighted by Crippen LogP contribution is 2.12. The summed E-state index contributed by atoms with van der Waals surface area (Å²) in [7, 11) is 0. The van der Waals surface area contributed by atoms with E-state index in [0.717, 1.165) is 11.1 Å². The Kier molecular flexibility index (Phi) is 4.36. The van der Waals surface area contributed by atoms with Crippen LogP contribution in [0.3, 0.4) is 0 Å². The molecule has 0 radical (unpaired) electrons. The lowest BCUT2D eigenvalue weighted by Crippen LogP contribution is -2.23. The third kappa shape index (κ3) is 3.42. The van der Waals surface area contributed by atoms with Crippen LogP contribution < -0.4 is 10.1 Å². The van der Waals surface area contributed by atoms with Crippen LogP contribution in [-0.4, -0.2) is 14.6 Å². The monoisotopic (exact) mass is 383 g/mol. The quantitative estimate of drug-likeness (QED) is 0.542. The molecule has 0 bridgehead atoms. The number of thiazole rings is 1. The van der Waals surface area contributed by atoms with Crippen molar-refractivity contribution in [3.63, 3.8) is 0 Å². The molecule has 0 aliphatic carbocycles. The van der Waals surface area contributed by atoms with Crippen molar-refractivity contribution >= 4 is 46.1 Å². The van der Waals surface area contributed by atoms with Crippen LogP contribution in [-0.2, 0) is 0 Å². The molecule has 0 spiro atoms. The zero-order valence-electron chi connectivity index (χ0n) is 13.3. The van der Waals surface area contributed by atoms with E-state index in [0.29, 0.717) is 20.3 Å². The Labute approximate surface area is 156 Å². The summed E-state index contributed by atoms with van der Waals surface area (Å²) in [6.45, 7) is 0. The Morgan fingerprint density at radius 3 is 2.38 bits per heavy atom. The van der Waals surface area contributed by atoms with Gasteiger partial charge in [-0.3, -0.25) is 4.79 Å². The van der Waals surface area contributed by atoms with E-state index in [2.05, 4.69) is 10.1 Å². The van der Waals surface area contributed by atoms with Crippen molar-refractivity contribution in [2.75, 3.05) is 0 Å². The van der Waals surface area contributed by atoms with Crippen LogP contribution in [0.5, 0.6) is 0 Å². The average molecular weight is 384 g/mol. The highest BCUT2D eigenvalue weighted by atomic mass is 35.5. The minimum Gasteiger partial charge on any atom is -0.266 e. The van der Waals surface area contributed by atoms with Crippen LogP contribution in [0.1, 0.15) is 17.0 Å². The normalized spacial score (nSPS) is 12.5. The molecular weight excluding hydrogens is 373 g/mol. The van der Waals surface area contributed by atoms with Gasteiger partial charge in [0, 0.05) is 5.02 Å². The Hall–Kier alpha value is -2.83. The van der Waals surface area contributed by atoms with E-state index in [1.54, 1.807) is 36.4 Å². The zero-order chi connectivity index (χ0) is 18.1. The fourth-order valence-electron chi connectivity index (χ4n) is 2.37. The molecule has 0 aliphatic rings. The van der Waals surface area contributed by atoms with E-state index < -0.39 is 0 Å². The summed E-state index contributed by atoms with van der Waals surface area (Å²) < 4.78 is 14.8. The fraction of sp³-hybridized carbons (Fsp3) is 0. The lowest BCUT2D eigenvalue weighted by atomic mass is 10.2. The number of aromatic nitrogens is 3. The predicted octanol–water partition coefficient (Wildman–Crippen LogP) is 3.66. The SMILES string of the molecule is O=c1/c(=C\c2ccc(F)cc2)sc2nc(/C=C/c3ccc(Cl)cc3)nn12. The molecular formula is C19H11ClFN3OS. The number of nitrogens with zero attached hydrogens (tertiary/aromatic N) is 3. The van der Waals surface area contributed by atoms with Gasteiger partial charge in [0.15, 0.2) is 5.82 Å². The maximum atomic E-state index is 13.0. The molecule has 2 heterocycles. The van der Waals surface area contributed by atoms with Crippen LogP contribution in [0, 0.1) is 5.82 Å². The summed E-state index contributed by atoms with van der Waals surface area (Å²) in [6, 6.07) is 13.3. The molecule has 4 nitrogen and oxygen atoms in total. The minimum absolute atomic E-state index is 0.243. The summed E-state index contributed by atoms with van der Waals surface area (Å²) in [5.74, 6) is 0.140. The molecule has 128 valence electrons. The van der Waals surface area contributed by atoms with Crippen molar-refractivity contribution < 1.29 is 4.39 Å². The first kappa shape index (κ1) is 16.6. The Morgan fingerprint density at radius 1 is 1.00 bits per heavy atom. The molecule has 0 unspecified atom stereocenters.